The highest BCUT2D eigenvalue weighted by atomic mass is 35.5. The van der Waals surface area contributed by atoms with Crippen LogP contribution in [0.15, 0.2) is 54.6 Å². The van der Waals surface area contributed by atoms with Gasteiger partial charge in [0.2, 0.25) is 5.91 Å². The number of carbonyl (C=O) groups is 1. The van der Waals surface area contributed by atoms with E-state index in [2.05, 4.69) is 5.32 Å². The van der Waals surface area contributed by atoms with Crippen molar-refractivity contribution in [1.82, 2.24) is 4.31 Å². The molecule has 2 aromatic carbocycles. The number of nitrogens with zero attached hydrogens (tertiary/aromatic N) is 2. The molecule has 128 valence electrons. The molecule has 1 amide bonds. The van der Waals surface area contributed by atoms with Gasteiger partial charge in [0.25, 0.3) is 0 Å². The molecule has 0 aliphatic carbocycles. The van der Waals surface area contributed by atoms with Crippen LogP contribution in [-0.2, 0) is 15.0 Å². The number of rotatable bonds is 6. The topological polar surface area (TPSA) is 69.7 Å². The second-order valence-corrected chi connectivity index (χ2v) is 7.69. The first-order valence-electron chi connectivity index (χ1n) is 7.11. The van der Waals surface area contributed by atoms with Crippen molar-refractivity contribution in [1.29, 1.82) is 0 Å². The zero-order valence-electron chi connectivity index (χ0n) is 13.3. The van der Waals surface area contributed by atoms with Gasteiger partial charge >= 0.3 is 10.2 Å². The fourth-order valence-corrected chi connectivity index (χ4v) is 3.25. The Morgan fingerprint density at radius 2 is 1.75 bits per heavy atom. The fraction of sp³-hybridized carbons (Fsp3) is 0.188. The van der Waals surface area contributed by atoms with Crippen LogP contribution < -0.4 is 9.62 Å². The van der Waals surface area contributed by atoms with Gasteiger partial charge in [-0.2, -0.15) is 12.7 Å². The van der Waals surface area contributed by atoms with Gasteiger partial charge in [0.15, 0.2) is 0 Å². The van der Waals surface area contributed by atoms with Gasteiger partial charge in [-0.05, 0) is 30.3 Å². The summed E-state index contributed by atoms with van der Waals surface area (Å²) >= 11 is 5.88. The van der Waals surface area contributed by atoms with Crippen molar-refractivity contribution in [3.8, 4) is 0 Å². The van der Waals surface area contributed by atoms with E-state index in [-0.39, 0.29) is 6.54 Å². The third-order valence-electron chi connectivity index (χ3n) is 3.18. The molecule has 6 nitrogen and oxygen atoms in total. The number of benzene rings is 2. The number of nitrogens with one attached hydrogen (secondary N) is 1. The molecule has 0 spiro atoms. The predicted molar refractivity (Wildman–Crippen MR) is 96.5 cm³/mol. The molecule has 0 saturated carbocycles. The fourth-order valence-electron chi connectivity index (χ4n) is 1.99. The van der Waals surface area contributed by atoms with E-state index in [1.165, 1.54) is 14.1 Å². The monoisotopic (exact) mass is 367 g/mol. The number of para-hydroxylation sites is 1. The number of hydrogen-bond donors (Lipinski definition) is 1. The Hall–Kier alpha value is -2.09. The highest BCUT2D eigenvalue weighted by Crippen LogP contribution is 2.19. The molecule has 24 heavy (non-hydrogen) atoms. The average Bonchev–Trinajstić information content (AvgIpc) is 2.53. The van der Waals surface area contributed by atoms with E-state index in [1.54, 1.807) is 54.6 Å². The molecule has 8 heteroatoms. The summed E-state index contributed by atoms with van der Waals surface area (Å²) in [5.74, 6) is -0.466. The van der Waals surface area contributed by atoms with Crippen LogP contribution in [-0.4, -0.2) is 39.3 Å². The van der Waals surface area contributed by atoms with Crippen LogP contribution in [0.25, 0.3) is 0 Å². The van der Waals surface area contributed by atoms with Gasteiger partial charge in [-0.25, -0.2) is 4.31 Å². The van der Waals surface area contributed by atoms with E-state index in [0.717, 1.165) is 8.61 Å². The van der Waals surface area contributed by atoms with E-state index >= 15 is 0 Å². The summed E-state index contributed by atoms with van der Waals surface area (Å²) in [7, 11) is -0.974. The van der Waals surface area contributed by atoms with Crippen LogP contribution in [0.3, 0.4) is 0 Å². The highest BCUT2D eigenvalue weighted by Gasteiger charge is 2.27. The summed E-state index contributed by atoms with van der Waals surface area (Å²) in [5, 5.41) is 3.13. The van der Waals surface area contributed by atoms with E-state index in [4.69, 9.17) is 11.6 Å². The van der Waals surface area contributed by atoms with E-state index < -0.39 is 16.1 Å². The third-order valence-corrected chi connectivity index (χ3v) is 5.23. The van der Waals surface area contributed by atoms with Gasteiger partial charge in [-0.15, -0.1) is 0 Å². The van der Waals surface area contributed by atoms with Gasteiger partial charge in [0, 0.05) is 24.8 Å². The molecular formula is C16H18ClN3O3S. The Balaban J connectivity index is 2.24. The van der Waals surface area contributed by atoms with Crippen molar-refractivity contribution in [2.24, 2.45) is 0 Å². The minimum atomic E-state index is -3.81. The minimum absolute atomic E-state index is 0.350. The maximum absolute atomic E-state index is 12.5. The second-order valence-electron chi connectivity index (χ2n) is 5.19. The van der Waals surface area contributed by atoms with Crippen molar-refractivity contribution < 1.29 is 13.2 Å². The van der Waals surface area contributed by atoms with Crippen LogP contribution in [0.4, 0.5) is 11.4 Å². The van der Waals surface area contributed by atoms with E-state index in [1.807, 2.05) is 0 Å². The Morgan fingerprint density at radius 1 is 1.08 bits per heavy atom. The Kier molecular flexibility index (Phi) is 5.82. The number of anilines is 2. The van der Waals surface area contributed by atoms with Crippen molar-refractivity contribution >= 4 is 39.1 Å². The van der Waals surface area contributed by atoms with Gasteiger partial charge in [-0.1, -0.05) is 35.9 Å². The van der Waals surface area contributed by atoms with Crippen molar-refractivity contribution in [2.45, 2.75) is 0 Å². The summed E-state index contributed by atoms with van der Waals surface area (Å²) in [5.41, 5.74) is 0.912. The molecule has 0 heterocycles. The van der Waals surface area contributed by atoms with Crippen molar-refractivity contribution in [3.63, 3.8) is 0 Å². The van der Waals surface area contributed by atoms with Crippen molar-refractivity contribution in [2.75, 3.05) is 30.3 Å². The van der Waals surface area contributed by atoms with Gasteiger partial charge in [-0.3, -0.25) is 4.79 Å². The lowest BCUT2D eigenvalue weighted by Crippen LogP contribution is -2.44. The first-order valence-corrected chi connectivity index (χ1v) is 8.89. The molecule has 0 fully saturated rings. The molecule has 0 unspecified atom stereocenters. The molecule has 0 aliphatic heterocycles. The van der Waals surface area contributed by atoms with E-state index in [0.29, 0.717) is 16.4 Å². The van der Waals surface area contributed by atoms with Gasteiger partial charge in [0.05, 0.1) is 5.69 Å². The summed E-state index contributed by atoms with van der Waals surface area (Å²) in [6, 6.07) is 15.1. The zero-order chi connectivity index (χ0) is 17.7. The van der Waals surface area contributed by atoms with Crippen LogP contribution in [0.5, 0.6) is 0 Å². The van der Waals surface area contributed by atoms with E-state index in [9.17, 15) is 13.2 Å². The summed E-state index contributed by atoms with van der Waals surface area (Å²) < 4.78 is 27.2. The Labute approximate surface area is 146 Å². The number of amides is 1. The first-order chi connectivity index (χ1) is 11.3. The number of carbonyl (C=O) groups excluding carboxylic acids is 1. The lowest BCUT2D eigenvalue weighted by atomic mass is 10.3. The second kappa shape index (κ2) is 7.65. The molecule has 0 aromatic heterocycles. The lowest BCUT2D eigenvalue weighted by molar-refractivity contribution is -0.114. The lowest BCUT2D eigenvalue weighted by Gasteiger charge is -2.26. The maximum Gasteiger partial charge on any atom is 0.304 e. The van der Waals surface area contributed by atoms with Crippen LogP contribution in [0.1, 0.15) is 0 Å². The van der Waals surface area contributed by atoms with Crippen LogP contribution in [0.2, 0.25) is 5.02 Å². The standard InChI is InChI=1S/C16H18ClN3O3S/c1-19(2)24(22,23)20(15-9-4-3-5-10-15)12-16(21)18-14-8-6-7-13(17)11-14/h3-11H,12H2,1-2H3,(H,18,21). The van der Waals surface area contributed by atoms with Crippen molar-refractivity contribution in [3.05, 3.63) is 59.6 Å². The smallest absolute Gasteiger partial charge is 0.304 e. The maximum atomic E-state index is 12.5. The summed E-state index contributed by atoms with van der Waals surface area (Å²) in [6.45, 7) is -0.350. The molecule has 2 rings (SSSR count). The van der Waals surface area contributed by atoms with Gasteiger partial charge < -0.3 is 5.32 Å². The minimum Gasteiger partial charge on any atom is -0.324 e. The number of hydrogen-bond acceptors (Lipinski definition) is 3. The Bertz CT molecular complexity index is 810. The molecule has 0 bridgehead atoms. The first kappa shape index (κ1) is 18.3. The largest absolute Gasteiger partial charge is 0.324 e. The molecule has 0 saturated heterocycles. The zero-order valence-corrected chi connectivity index (χ0v) is 14.9. The van der Waals surface area contributed by atoms with Crippen LogP contribution >= 0.6 is 11.6 Å². The Morgan fingerprint density at radius 3 is 2.33 bits per heavy atom. The van der Waals surface area contributed by atoms with Gasteiger partial charge in [0.1, 0.15) is 6.54 Å². The molecule has 0 atom stereocenters. The average molecular weight is 368 g/mol. The molecule has 0 radical (unpaired) electrons. The SMILES string of the molecule is CN(C)S(=O)(=O)N(CC(=O)Nc1cccc(Cl)c1)c1ccccc1. The highest BCUT2D eigenvalue weighted by molar-refractivity contribution is 7.90. The molecule has 0 aliphatic rings. The molecule has 1 N–H and O–H groups in total. The summed E-state index contributed by atoms with van der Waals surface area (Å²) in [4.78, 5) is 12.3. The quantitative estimate of drug-likeness (QED) is 0.853. The molecule has 2 aromatic rings. The molecular weight excluding hydrogens is 350 g/mol. The third kappa shape index (κ3) is 4.47. The summed E-state index contributed by atoms with van der Waals surface area (Å²) in [6.07, 6.45) is 0. The predicted octanol–water partition coefficient (Wildman–Crippen LogP) is 2.59. The number of halogens is 1. The van der Waals surface area contributed by atoms with Crippen LogP contribution in [0, 0.1) is 0 Å². The normalized spacial score (nSPS) is 11.3.